The zero-order valence-corrected chi connectivity index (χ0v) is 14.6. The molecule has 0 unspecified atom stereocenters. The molecule has 1 aliphatic heterocycles. The molecule has 0 spiro atoms. The van der Waals surface area contributed by atoms with Gasteiger partial charge in [0.2, 0.25) is 11.8 Å². The highest BCUT2D eigenvalue weighted by Crippen LogP contribution is 2.33. The van der Waals surface area contributed by atoms with Gasteiger partial charge in [0.05, 0.1) is 11.2 Å². The number of nitrogens with one attached hydrogen (secondary N) is 1. The average Bonchev–Trinajstić information content (AvgIpc) is 3.46. The monoisotopic (exact) mass is 357 g/mol. The third-order valence-corrected chi connectivity index (χ3v) is 5.25. The number of carbonyl (C=O) groups is 2. The molecule has 2 amide bonds. The average molecular weight is 358 g/mol. The maximum Gasteiger partial charge on any atom is 0.227 e. The number of nitrogens with zero attached hydrogens (tertiary/aromatic N) is 2. The van der Waals surface area contributed by atoms with E-state index in [1.165, 1.54) is 0 Å². The zero-order valence-electron chi connectivity index (χ0n) is 13.9. The van der Waals surface area contributed by atoms with Gasteiger partial charge in [0.15, 0.2) is 0 Å². The third kappa shape index (κ3) is 3.47. The maximum absolute atomic E-state index is 12.7. The molecule has 4 rings (SSSR count). The Kier molecular flexibility index (Phi) is 4.34. The van der Waals surface area contributed by atoms with Crippen LogP contribution in [0.2, 0.25) is 5.02 Å². The largest absolute Gasteiger partial charge is 0.342 e. The first-order chi connectivity index (χ1) is 12.1. The van der Waals surface area contributed by atoms with Crippen molar-refractivity contribution in [2.45, 2.75) is 25.7 Å². The Morgan fingerprint density at radius 1 is 1.12 bits per heavy atom. The molecule has 1 saturated carbocycles. The lowest BCUT2D eigenvalue weighted by atomic mass is 9.95. The SMILES string of the molecule is O=C(Nc1cc(Cl)cc2cccnc12)C1CCN(C(=O)C2CC2)CC1. The van der Waals surface area contributed by atoms with Gasteiger partial charge >= 0.3 is 0 Å². The molecule has 1 aliphatic carbocycles. The molecular formula is C19H20ClN3O2. The molecule has 25 heavy (non-hydrogen) atoms. The van der Waals surface area contributed by atoms with Crippen molar-refractivity contribution >= 4 is 40.0 Å². The van der Waals surface area contributed by atoms with Gasteiger partial charge in [0.1, 0.15) is 0 Å². The number of pyridine rings is 1. The van der Waals surface area contributed by atoms with Crippen LogP contribution in [-0.2, 0) is 9.59 Å². The highest BCUT2D eigenvalue weighted by molar-refractivity contribution is 6.32. The number of piperidine rings is 1. The summed E-state index contributed by atoms with van der Waals surface area (Å²) in [5.74, 6) is 0.409. The predicted octanol–water partition coefficient (Wildman–Crippen LogP) is 3.48. The minimum absolute atomic E-state index is 0.0206. The van der Waals surface area contributed by atoms with Gasteiger partial charge in [-0.2, -0.15) is 0 Å². The topological polar surface area (TPSA) is 62.3 Å². The minimum atomic E-state index is -0.0824. The van der Waals surface area contributed by atoms with E-state index in [9.17, 15) is 9.59 Å². The van der Waals surface area contributed by atoms with E-state index in [0.29, 0.717) is 36.6 Å². The lowest BCUT2D eigenvalue weighted by Gasteiger charge is -2.31. The van der Waals surface area contributed by atoms with Crippen molar-refractivity contribution < 1.29 is 9.59 Å². The molecule has 2 fully saturated rings. The predicted molar refractivity (Wildman–Crippen MR) is 97.4 cm³/mol. The molecule has 2 heterocycles. The van der Waals surface area contributed by atoms with Gasteiger partial charge in [0, 0.05) is 41.5 Å². The van der Waals surface area contributed by atoms with E-state index in [-0.39, 0.29) is 23.7 Å². The van der Waals surface area contributed by atoms with Crippen LogP contribution in [0, 0.1) is 11.8 Å². The molecule has 0 atom stereocenters. The Balaban J connectivity index is 1.43. The second-order valence-corrected chi connectivity index (χ2v) is 7.33. The summed E-state index contributed by atoms with van der Waals surface area (Å²) in [6, 6.07) is 7.34. The first-order valence-electron chi connectivity index (χ1n) is 8.76. The summed E-state index contributed by atoms with van der Waals surface area (Å²) in [5, 5.41) is 4.45. The Hall–Kier alpha value is -2.14. The van der Waals surface area contributed by atoms with Gasteiger partial charge in [-0.05, 0) is 43.9 Å². The second kappa shape index (κ2) is 6.64. The number of benzene rings is 1. The minimum Gasteiger partial charge on any atom is -0.342 e. The van der Waals surface area contributed by atoms with Gasteiger partial charge in [0.25, 0.3) is 0 Å². The van der Waals surface area contributed by atoms with Gasteiger partial charge in [-0.1, -0.05) is 17.7 Å². The smallest absolute Gasteiger partial charge is 0.227 e. The van der Waals surface area contributed by atoms with E-state index in [1.807, 2.05) is 23.1 Å². The Bertz CT molecular complexity index is 827. The summed E-state index contributed by atoms with van der Waals surface area (Å²) in [7, 11) is 0. The second-order valence-electron chi connectivity index (χ2n) is 6.89. The third-order valence-electron chi connectivity index (χ3n) is 5.03. The molecule has 5 nitrogen and oxygen atoms in total. The molecule has 1 aromatic heterocycles. The standard InChI is InChI=1S/C19H20ClN3O2/c20-15-10-14-2-1-7-21-17(14)16(11-15)22-18(24)12-5-8-23(9-6-12)19(25)13-3-4-13/h1-2,7,10-13H,3-6,8-9H2,(H,22,24). The molecule has 2 aromatic rings. The van der Waals surface area contributed by atoms with Gasteiger partial charge in [-0.3, -0.25) is 14.6 Å². The summed E-state index contributed by atoms with van der Waals surface area (Å²) in [4.78, 5) is 31.0. The van der Waals surface area contributed by atoms with Crippen LogP contribution in [0.3, 0.4) is 0 Å². The Morgan fingerprint density at radius 3 is 2.60 bits per heavy atom. The lowest BCUT2D eigenvalue weighted by Crippen LogP contribution is -2.42. The van der Waals surface area contributed by atoms with E-state index < -0.39 is 0 Å². The number of carbonyl (C=O) groups excluding carboxylic acids is 2. The normalized spacial score (nSPS) is 18.4. The quantitative estimate of drug-likeness (QED) is 0.914. The molecule has 1 N–H and O–H groups in total. The van der Waals surface area contributed by atoms with Crippen LogP contribution in [0.1, 0.15) is 25.7 Å². The molecule has 0 radical (unpaired) electrons. The van der Waals surface area contributed by atoms with Gasteiger partial charge < -0.3 is 10.2 Å². The summed E-state index contributed by atoms with van der Waals surface area (Å²) in [5.41, 5.74) is 1.38. The van der Waals surface area contributed by atoms with Crippen molar-refractivity contribution in [3.8, 4) is 0 Å². The van der Waals surface area contributed by atoms with E-state index in [4.69, 9.17) is 11.6 Å². The van der Waals surface area contributed by atoms with E-state index in [1.54, 1.807) is 12.3 Å². The molecule has 1 saturated heterocycles. The van der Waals surface area contributed by atoms with E-state index in [0.717, 1.165) is 23.7 Å². The van der Waals surface area contributed by atoms with Crippen LogP contribution in [-0.4, -0.2) is 34.8 Å². The number of halogens is 1. The van der Waals surface area contributed by atoms with Gasteiger partial charge in [-0.25, -0.2) is 0 Å². The summed E-state index contributed by atoms with van der Waals surface area (Å²) >= 11 is 6.16. The fraction of sp³-hybridized carbons (Fsp3) is 0.421. The first-order valence-corrected chi connectivity index (χ1v) is 9.13. The molecular weight excluding hydrogens is 338 g/mol. The molecule has 130 valence electrons. The zero-order chi connectivity index (χ0) is 17.4. The number of hydrogen-bond acceptors (Lipinski definition) is 3. The highest BCUT2D eigenvalue weighted by atomic mass is 35.5. The van der Waals surface area contributed by atoms with Crippen LogP contribution in [0.15, 0.2) is 30.5 Å². The van der Waals surface area contributed by atoms with Crippen molar-refractivity contribution in [3.05, 3.63) is 35.5 Å². The number of aromatic nitrogens is 1. The van der Waals surface area contributed by atoms with Crippen LogP contribution >= 0.6 is 11.6 Å². The van der Waals surface area contributed by atoms with Crippen LogP contribution < -0.4 is 5.32 Å². The maximum atomic E-state index is 12.7. The number of fused-ring (bicyclic) bond motifs is 1. The number of anilines is 1. The Labute approximate surface area is 151 Å². The van der Waals surface area contributed by atoms with Crippen molar-refractivity contribution in [2.75, 3.05) is 18.4 Å². The fourth-order valence-corrected chi connectivity index (χ4v) is 3.66. The molecule has 1 aromatic carbocycles. The van der Waals surface area contributed by atoms with E-state index in [2.05, 4.69) is 10.3 Å². The van der Waals surface area contributed by atoms with Crippen molar-refractivity contribution in [1.29, 1.82) is 0 Å². The van der Waals surface area contributed by atoms with E-state index >= 15 is 0 Å². The summed E-state index contributed by atoms with van der Waals surface area (Å²) in [6.07, 6.45) is 5.16. The highest BCUT2D eigenvalue weighted by Gasteiger charge is 2.36. The van der Waals surface area contributed by atoms with Crippen LogP contribution in [0.25, 0.3) is 10.9 Å². The van der Waals surface area contributed by atoms with Crippen molar-refractivity contribution in [1.82, 2.24) is 9.88 Å². The number of rotatable bonds is 3. The van der Waals surface area contributed by atoms with Crippen molar-refractivity contribution in [3.63, 3.8) is 0 Å². The Morgan fingerprint density at radius 2 is 1.88 bits per heavy atom. The first kappa shape index (κ1) is 16.3. The number of hydrogen-bond donors (Lipinski definition) is 1. The lowest BCUT2D eigenvalue weighted by molar-refractivity contribution is -0.135. The summed E-state index contributed by atoms with van der Waals surface area (Å²) in [6.45, 7) is 1.34. The fourth-order valence-electron chi connectivity index (χ4n) is 3.44. The summed E-state index contributed by atoms with van der Waals surface area (Å²) < 4.78 is 0. The molecule has 0 bridgehead atoms. The molecule has 6 heteroatoms. The van der Waals surface area contributed by atoms with Crippen LogP contribution in [0.4, 0.5) is 5.69 Å². The number of likely N-dealkylation sites (tertiary alicyclic amines) is 1. The molecule has 2 aliphatic rings. The van der Waals surface area contributed by atoms with Gasteiger partial charge in [-0.15, -0.1) is 0 Å². The number of amides is 2. The van der Waals surface area contributed by atoms with Crippen LogP contribution in [0.5, 0.6) is 0 Å². The van der Waals surface area contributed by atoms with Crippen molar-refractivity contribution in [2.24, 2.45) is 11.8 Å².